The maximum absolute atomic E-state index is 12.2. The molecule has 41 heavy (non-hydrogen) atoms. The van der Waals surface area contributed by atoms with Crippen molar-refractivity contribution in [2.24, 2.45) is 0 Å². The average molecular weight is 604 g/mol. The van der Waals surface area contributed by atoms with Gasteiger partial charge < -0.3 is 4.74 Å². The fourth-order valence-corrected chi connectivity index (χ4v) is 5.48. The summed E-state index contributed by atoms with van der Waals surface area (Å²) in [6.07, 6.45) is 6.84. The van der Waals surface area contributed by atoms with Gasteiger partial charge in [-0.05, 0) is 71.3 Å². The molecule has 9 heteroatoms. The first kappa shape index (κ1) is 28.4. The third kappa shape index (κ3) is 6.43. The SMILES string of the molecule is COC(=O)c1cccc(-n2cc(-c3ccc(Cl)cc3Cl)nc2/C=C/c2ccc(-c3cccc(S(C)(=O)=O)c3)cc2)c1. The van der Waals surface area contributed by atoms with Crippen LogP contribution in [-0.4, -0.2) is 37.3 Å². The van der Waals surface area contributed by atoms with Crippen LogP contribution in [0, 0.1) is 0 Å². The molecule has 0 amide bonds. The Kier molecular flexibility index (Phi) is 8.13. The van der Waals surface area contributed by atoms with Gasteiger partial charge in [-0.3, -0.25) is 4.57 Å². The Morgan fingerprint density at radius 2 is 1.63 bits per heavy atom. The van der Waals surface area contributed by atoms with E-state index in [0.717, 1.165) is 22.4 Å². The van der Waals surface area contributed by atoms with E-state index in [1.807, 2.05) is 65.4 Å². The normalized spacial score (nSPS) is 11.6. The van der Waals surface area contributed by atoms with E-state index in [-0.39, 0.29) is 4.90 Å². The van der Waals surface area contributed by atoms with E-state index < -0.39 is 15.8 Å². The number of carbonyl (C=O) groups excluding carboxylic acids is 1. The highest BCUT2D eigenvalue weighted by Gasteiger charge is 2.14. The first-order chi connectivity index (χ1) is 19.6. The smallest absolute Gasteiger partial charge is 0.337 e. The number of sulfone groups is 1. The van der Waals surface area contributed by atoms with Gasteiger partial charge in [0.1, 0.15) is 5.82 Å². The van der Waals surface area contributed by atoms with Crippen molar-refractivity contribution < 1.29 is 17.9 Å². The van der Waals surface area contributed by atoms with Gasteiger partial charge in [0.15, 0.2) is 9.84 Å². The van der Waals surface area contributed by atoms with Crippen molar-refractivity contribution in [3.8, 4) is 28.1 Å². The van der Waals surface area contributed by atoms with E-state index in [0.29, 0.717) is 32.7 Å². The molecule has 0 radical (unpaired) electrons. The minimum atomic E-state index is -3.30. The zero-order valence-electron chi connectivity index (χ0n) is 22.1. The predicted molar refractivity (Wildman–Crippen MR) is 164 cm³/mol. The summed E-state index contributed by atoms with van der Waals surface area (Å²) < 4.78 is 30.7. The summed E-state index contributed by atoms with van der Waals surface area (Å²) in [6, 6.07) is 26.9. The Bertz CT molecular complexity index is 1900. The monoisotopic (exact) mass is 602 g/mol. The molecule has 0 aliphatic rings. The largest absolute Gasteiger partial charge is 0.465 e. The second kappa shape index (κ2) is 11.7. The van der Waals surface area contributed by atoms with Gasteiger partial charge in [-0.25, -0.2) is 18.2 Å². The van der Waals surface area contributed by atoms with Crippen molar-refractivity contribution in [2.75, 3.05) is 13.4 Å². The number of hydrogen-bond donors (Lipinski definition) is 0. The van der Waals surface area contributed by atoms with Crippen LogP contribution in [0.25, 0.3) is 40.2 Å². The van der Waals surface area contributed by atoms with E-state index in [9.17, 15) is 13.2 Å². The molecule has 1 heterocycles. The molecule has 1 aromatic heterocycles. The van der Waals surface area contributed by atoms with Gasteiger partial charge in [0.25, 0.3) is 0 Å². The number of hydrogen-bond acceptors (Lipinski definition) is 5. The van der Waals surface area contributed by atoms with Crippen molar-refractivity contribution in [2.45, 2.75) is 4.90 Å². The lowest BCUT2D eigenvalue weighted by Crippen LogP contribution is -2.03. The summed E-state index contributed by atoms with van der Waals surface area (Å²) >= 11 is 12.6. The third-order valence-electron chi connectivity index (χ3n) is 6.42. The maximum atomic E-state index is 12.2. The Labute approximate surface area is 248 Å². The minimum absolute atomic E-state index is 0.277. The highest BCUT2D eigenvalue weighted by atomic mass is 35.5. The van der Waals surface area contributed by atoms with Gasteiger partial charge in [-0.15, -0.1) is 0 Å². The summed E-state index contributed by atoms with van der Waals surface area (Å²) in [6.45, 7) is 0. The fourth-order valence-electron chi connectivity index (χ4n) is 4.31. The van der Waals surface area contributed by atoms with Crippen LogP contribution < -0.4 is 0 Å². The Morgan fingerprint density at radius 1 is 0.878 bits per heavy atom. The van der Waals surface area contributed by atoms with Crippen LogP contribution in [0.2, 0.25) is 10.0 Å². The predicted octanol–water partition coefficient (Wildman–Crippen LogP) is 7.87. The lowest BCUT2D eigenvalue weighted by molar-refractivity contribution is 0.0600. The lowest BCUT2D eigenvalue weighted by Gasteiger charge is -2.07. The zero-order valence-corrected chi connectivity index (χ0v) is 24.4. The van der Waals surface area contributed by atoms with Crippen LogP contribution in [0.3, 0.4) is 0 Å². The molecule has 0 aliphatic heterocycles. The Morgan fingerprint density at radius 3 is 2.34 bits per heavy atom. The molecule has 5 aromatic rings. The molecular formula is C32H24Cl2N2O4S. The van der Waals surface area contributed by atoms with E-state index in [2.05, 4.69) is 0 Å². The lowest BCUT2D eigenvalue weighted by atomic mass is 10.0. The van der Waals surface area contributed by atoms with Crippen molar-refractivity contribution in [3.63, 3.8) is 0 Å². The standard InChI is InChI=1S/C32H24Cl2N2O4S/c1-40-32(37)24-6-3-7-26(17-24)36-20-30(28-15-14-25(33)19-29(28)34)35-31(36)16-11-21-9-12-22(13-10-21)23-5-4-8-27(18-23)41(2,38)39/h3-20H,1-2H3/b16-11+. The summed E-state index contributed by atoms with van der Waals surface area (Å²) in [5, 5.41) is 0.993. The van der Waals surface area contributed by atoms with Gasteiger partial charge in [0.05, 0.1) is 28.3 Å². The van der Waals surface area contributed by atoms with Gasteiger partial charge in [-0.2, -0.15) is 0 Å². The number of nitrogens with zero attached hydrogens (tertiary/aromatic N) is 2. The average Bonchev–Trinajstić information content (AvgIpc) is 3.39. The first-order valence-electron chi connectivity index (χ1n) is 12.4. The van der Waals surface area contributed by atoms with E-state index in [4.69, 9.17) is 32.9 Å². The highest BCUT2D eigenvalue weighted by Crippen LogP contribution is 2.31. The molecule has 0 saturated carbocycles. The van der Waals surface area contributed by atoms with Crippen LogP contribution >= 0.6 is 23.2 Å². The van der Waals surface area contributed by atoms with Crippen LogP contribution in [0.1, 0.15) is 21.7 Å². The Balaban J connectivity index is 1.51. The number of aromatic nitrogens is 2. The summed E-state index contributed by atoms with van der Waals surface area (Å²) in [7, 11) is -1.96. The summed E-state index contributed by atoms with van der Waals surface area (Å²) in [5.74, 6) is 0.171. The molecule has 0 aliphatic carbocycles. The summed E-state index contributed by atoms with van der Waals surface area (Å²) in [4.78, 5) is 17.3. The van der Waals surface area contributed by atoms with Crippen LogP contribution in [0.15, 0.2) is 102 Å². The van der Waals surface area contributed by atoms with Gasteiger partial charge in [-0.1, -0.05) is 71.7 Å². The van der Waals surface area contributed by atoms with E-state index >= 15 is 0 Å². The minimum Gasteiger partial charge on any atom is -0.465 e. The van der Waals surface area contributed by atoms with Crippen LogP contribution in [-0.2, 0) is 14.6 Å². The zero-order chi connectivity index (χ0) is 29.1. The molecule has 0 fully saturated rings. The van der Waals surface area contributed by atoms with Gasteiger partial charge >= 0.3 is 5.97 Å². The number of benzene rings is 4. The third-order valence-corrected chi connectivity index (χ3v) is 8.07. The second-order valence-electron chi connectivity index (χ2n) is 9.28. The van der Waals surface area contributed by atoms with Gasteiger partial charge in [0, 0.05) is 28.7 Å². The van der Waals surface area contributed by atoms with Crippen molar-refractivity contribution in [1.29, 1.82) is 0 Å². The number of esters is 1. The topological polar surface area (TPSA) is 78.3 Å². The number of rotatable bonds is 7. The number of methoxy groups -OCH3 is 1. The molecule has 5 rings (SSSR count). The molecule has 0 bridgehead atoms. The quantitative estimate of drug-likeness (QED) is 0.177. The number of carbonyl (C=O) groups is 1. The van der Waals surface area contributed by atoms with Crippen LogP contribution in [0.4, 0.5) is 0 Å². The molecule has 0 N–H and O–H groups in total. The Hall–Kier alpha value is -4.17. The molecule has 0 spiro atoms. The molecular weight excluding hydrogens is 579 g/mol. The van der Waals surface area contributed by atoms with Crippen molar-refractivity contribution >= 4 is 51.2 Å². The molecule has 0 atom stereocenters. The number of imidazole rings is 1. The molecule has 4 aromatic carbocycles. The fraction of sp³-hybridized carbons (Fsp3) is 0.0625. The maximum Gasteiger partial charge on any atom is 0.337 e. The number of ether oxygens (including phenoxy) is 1. The molecule has 206 valence electrons. The van der Waals surface area contributed by atoms with E-state index in [1.54, 1.807) is 48.5 Å². The molecule has 6 nitrogen and oxygen atoms in total. The first-order valence-corrected chi connectivity index (χ1v) is 15.1. The molecule has 0 saturated heterocycles. The van der Waals surface area contributed by atoms with Crippen LogP contribution in [0.5, 0.6) is 0 Å². The highest BCUT2D eigenvalue weighted by molar-refractivity contribution is 7.90. The second-order valence-corrected chi connectivity index (χ2v) is 12.1. The molecule has 0 unspecified atom stereocenters. The van der Waals surface area contributed by atoms with Crippen molar-refractivity contribution in [3.05, 3.63) is 124 Å². The van der Waals surface area contributed by atoms with Crippen molar-refractivity contribution in [1.82, 2.24) is 9.55 Å². The summed E-state index contributed by atoms with van der Waals surface area (Å²) in [5.41, 5.74) is 5.11. The number of halogens is 2. The van der Waals surface area contributed by atoms with E-state index in [1.165, 1.54) is 13.4 Å². The van der Waals surface area contributed by atoms with Gasteiger partial charge in [0.2, 0.25) is 0 Å².